The summed E-state index contributed by atoms with van der Waals surface area (Å²) in [5.41, 5.74) is 1.28. The normalized spacial score (nSPS) is 16.6. The third kappa shape index (κ3) is 7.31. The van der Waals surface area contributed by atoms with E-state index in [1.54, 1.807) is 12.1 Å². The molecule has 206 valence electrons. The molecular weight excluding hydrogens is 547 g/mol. The monoisotopic (exact) mass is 576 g/mol. The topological polar surface area (TPSA) is 75.2 Å². The van der Waals surface area contributed by atoms with Crippen molar-refractivity contribution in [1.29, 1.82) is 0 Å². The first kappa shape index (κ1) is 27.9. The summed E-state index contributed by atoms with van der Waals surface area (Å²) >= 11 is 6.75. The van der Waals surface area contributed by atoms with Crippen LogP contribution in [-0.2, 0) is 16.0 Å². The zero-order valence-corrected chi connectivity index (χ0v) is 23.7. The zero-order valence-electron chi connectivity index (χ0n) is 22.0. The van der Waals surface area contributed by atoms with Gasteiger partial charge in [-0.25, -0.2) is 4.39 Å². The lowest BCUT2D eigenvalue weighted by atomic mass is 10.1. The Morgan fingerprint density at radius 2 is 2.02 bits per heavy atom. The maximum Gasteiger partial charge on any atom is 0.230 e. The van der Waals surface area contributed by atoms with Crippen LogP contribution in [-0.4, -0.2) is 55.3 Å². The Balaban J connectivity index is 1.25. The van der Waals surface area contributed by atoms with E-state index in [4.69, 9.17) is 21.7 Å². The van der Waals surface area contributed by atoms with Crippen LogP contribution in [0, 0.1) is 23.6 Å². The summed E-state index contributed by atoms with van der Waals surface area (Å²) in [6.07, 6.45) is 0.193. The van der Waals surface area contributed by atoms with E-state index in [9.17, 15) is 4.79 Å². The van der Waals surface area contributed by atoms with Crippen LogP contribution in [0.25, 0.3) is 5.76 Å². The van der Waals surface area contributed by atoms with E-state index in [1.807, 2.05) is 43.3 Å². The van der Waals surface area contributed by atoms with Gasteiger partial charge in [0, 0.05) is 37.3 Å². The number of carbonyl (C=O) groups is 1. The molecule has 2 aliphatic rings. The standard InChI is InChI=1S/C30H29FN4O3S2/c1-20-19-32-25-18-23(8-5-11-35-12-14-37-15-13-35)40-29(25)28(20)38-26-10-9-22(17-24(26)31)33-30(39)34-27(36)16-21-6-3-2-4-7-21/h2-4,6-7,9-10,17-18,20H,11-16,19H2,1H3,(H2,33,34,36,39)/t20-/m1/s1. The maximum absolute atomic E-state index is 15.1. The third-order valence-corrected chi connectivity index (χ3v) is 7.67. The molecule has 1 saturated heterocycles. The Morgan fingerprint density at radius 1 is 1.23 bits per heavy atom. The Kier molecular flexibility index (Phi) is 9.19. The summed E-state index contributed by atoms with van der Waals surface area (Å²) < 4.78 is 27.5. The number of anilines is 1. The molecule has 0 saturated carbocycles. The number of hydrogen-bond acceptors (Lipinski definition) is 7. The van der Waals surface area contributed by atoms with Crippen LogP contribution in [0.4, 0.5) is 10.1 Å². The van der Waals surface area contributed by atoms with Gasteiger partial charge in [-0.2, -0.15) is 0 Å². The number of thiocarbonyl (C=S) groups is 1. The highest BCUT2D eigenvalue weighted by molar-refractivity contribution is 7.80. The summed E-state index contributed by atoms with van der Waals surface area (Å²) in [6, 6.07) is 15.8. The van der Waals surface area contributed by atoms with E-state index < -0.39 is 5.82 Å². The number of nitrogens with zero attached hydrogens (tertiary/aromatic N) is 2. The molecule has 0 bridgehead atoms. The molecule has 0 aliphatic carbocycles. The van der Waals surface area contributed by atoms with E-state index in [0.717, 1.165) is 46.6 Å². The molecule has 1 fully saturated rings. The van der Waals surface area contributed by atoms with Crippen molar-refractivity contribution >= 4 is 46.0 Å². The van der Waals surface area contributed by atoms with Crippen LogP contribution in [0.1, 0.15) is 17.4 Å². The van der Waals surface area contributed by atoms with Crippen molar-refractivity contribution < 1.29 is 18.7 Å². The van der Waals surface area contributed by atoms with Gasteiger partial charge < -0.3 is 20.1 Å². The first-order valence-corrected chi connectivity index (χ1v) is 14.3. The molecule has 2 aromatic carbocycles. The van der Waals surface area contributed by atoms with Gasteiger partial charge in [0.2, 0.25) is 5.91 Å². The molecule has 1 aromatic heterocycles. The van der Waals surface area contributed by atoms with Gasteiger partial charge >= 0.3 is 0 Å². The number of amides is 1. The number of hydrogen-bond donors (Lipinski definition) is 2. The van der Waals surface area contributed by atoms with Gasteiger partial charge in [-0.15, -0.1) is 11.3 Å². The largest absolute Gasteiger partial charge is 0.457 e. The van der Waals surface area contributed by atoms with Crippen molar-refractivity contribution in [2.24, 2.45) is 10.9 Å². The molecule has 40 heavy (non-hydrogen) atoms. The highest BCUT2D eigenvalue weighted by Crippen LogP contribution is 2.26. The SMILES string of the molecule is C[C@@H]1CN=c2cc(C#CCN3CCOCC3)sc2=C1Oc1ccc(NC(=S)NC(=O)Cc2ccccc2)cc1F. The Bertz CT molecular complexity index is 1570. The van der Waals surface area contributed by atoms with Crippen molar-refractivity contribution in [2.45, 2.75) is 13.3 Å². The highest BCUT2D eigenvalue weighted by Gasteiger charge is 2.20. The Morgan fingerprint density at radius 3 is 2.80 bits per heavy atom. The molecule has 0 unspecified atom stereocenters. The molecule has 10 heteroatoms. The molecule has 1 atom stereocenters. The van der Waals surface area contributed by atoms with Crippen LogP contribution in [0.3, 0.4) is 0 Å². The summed E-state index contributed by atoms with van der Waals surface area (Å²) in [4.78, 5) is 20.1. The van der Waals surface area contributed by atoms with Gasteiger partial charge in [-0.05, 0) is 36.0 Å². The summed E-state index contributed by atoms with van der Waals surface area (Å²) in [5.74, 6) is 6.46. The van der Waals surface area contributed by atoms with Crippen molar-refractivity contribution in [2.75, 3.05) is 44.7 Å². The number of fused-ring (bicyclic) bond motifs is 1. The van der Waals surface area contributed by atoms with E-state index in [2.05, 4.69) is 32.4 Å². The Labute approximate surface area is 241 Å². The molecule has 3 heterocycles. The lowest BCUT2D eigenvalue weighted by molar-refractivity contribution is -0.119. The highest BCUT2D eigenvalue weighted by atomic mass is 32.1. The maximum atomic E-state index is 15.1. The fourth-order valence-electron chi connectivity index (χ4n) is 4.32. The predicted octanol–water partition coefficient (Wildman–Crippen LogP) is 3.08. The molecule has 1 amide bonds. The van der Waals surface area contributed by atoms with Crippen molar-refractivity contribution in [1.82, 2.24) is 10.2 Å². The van der Waals surface area contributed by atoms with Crippen LogP contribution < -0.4 is 25.3 Å². The number of halogens is 1. The second kappa shape index (κ2) is 13.2. The van der Waals surface area contributed by atoms with E-state index in [-0.39, 0.29) is 29.1 Å². The molecule has 0 radical (unpaired) electrons. The Hall–Kier alpha value is -3.62. The first-order chi connectivity index (χ1) is 19.4. The average Bonchev–Trinajstić information content (AvgIpc) is 3.36. The molecule has 2 aliphatic heterocycles. The second-order valence-electron chi connectivity index (χ2n) is 9.53. The summed E-state index contributed by atoms with van der Waals surface area (Å²) in [6.45, 7) is 6.53. The molecule has 2 N–H and O–H groups in total. The molecular formula is C30H29FN4O3S2. The van der Waals surface area contributed by atoms with Gasteiger partial charge in [0.25, 0.3) is 0 Å². The van der Waals surface area contributed by atoms with Gasteiger partial charge in [0.1, 0.15) is 5.76 Å². The van der Waals surface area contributed by atoms with Gasteiger partial charge in [-0.1, -0.05) is 49.1 Å². The minimum absolute atomic E-state index is 0.00934. The van der Waals surface area contributed by atoms with Crippen molar-refractivity contribution in [3.05, 3.63) is 80.7 Å². The number of carbonyl (C=O) groups excluding carboxylic acids is 1. The quantitative estimate of drug-likeness (QED) is 0.347. The van der Waals surface area contributed by atoms with Gasteiger partial charge in [0.05, 0.1) is 40.9 Å². The number of benzene rings is 2. The van der Waals surface area contributed by atoms with E-state index in [1.165, 1.54) is 17.4 Å². The van der Waals surface area contributed by atoms with Crippen molar-refractivity contribution in [3.8, 4) is 17.6 Å². The second-order valence-corrected chi connectivity index (χ2v) is 11.0. The predicted molar refractivity (Wildman–Crippen MR) is 158 cm³/mol. The van der Waals surface area contributed by atoms with Crippen molar-refractivity contribution in [3.63, 3.8) is 0 Å². The summed E-state index contributed by atoms with van der Waals surface area (Å²) in [7, 11) is 0. The lowest BCUT2D eigenvalue weighted by Crippen LogP contribution is -2.36. The van der Waals surface area contributed by atoms with Gasteiger partial charge in [-0.3, -0.25) is 14.7 Å². The molecule has 3 aromatic rings. The average molecular weight is 577 g/mol. The molecule has 7 nitrogen and oxygen atoms in total. The van der Waals surface area contributed by atoms with Crippen LogP contribution in [0.5, 0.6) is 5.75 Å². The minimum atomic E-state index is -0.547. The summed E-state index contributed by atoms with van der Waals surface area (Å²) in [5, 5.41) is 6.40. The van der Waals surface area contributed by atoms with Gasteiger partial charge in [0.15, 0.2) is 16.7 Å². The zero-order chi connectivity index (χ0) is 27.9. The number of morpholine rings is 1. The van der Waals surface area contributed by atoms with Crippen LogP contribution >= 0.6 is 23.6 Å². The molecule has 5 rings (SSSR count). The third-order valence-electron chi connectivity index (χ3n) is 6.41. The number of rotatable bonds is 6. The smallest absolute Gasteiger partial charge is 0.230 e. The fraction of sp³-hybridized carbons (Fsp3) is 0.300. The first-order valence-electron chi connectivity index (χ1n) is 13.0. The van der Waals surface area contributed by atoms with Crippen LogP contribution in [0.15, 0.2) is 59.6 Å². The number of ether oxygens (including phenoxy) is 2. The number of thiophene rings is 1. The van der Waals surface area contributed by atoms with E-state index in [0.29, 0.717) is 24.5 Å². The minimum Gasteiger partial charge on any atom is -0.457 e. The fourth-order valence-corrected chi connectivity index (χ4v) is 5.63. The van der Waals surface area contributed by atoms with E-state index >= 15 is 4.39 Å². The lowest BCUT2D eigenvalue weighted by Gasteiger charge is -2.24. The van der Waals surface area contributed by atoms with Crippen LogP contribution in [0.2, 0.25) is 0 Å². The number of nitrogens with one attached hydrogen (secondary N) is 2. The molecule has 0 spiro atoms.